The Balaban J connectivity index is 1.52. The number of aromatic nitrogens is 4. The lowest BCUT2D eigenvalue weighted by Gasteiger charge is -2.32. The molecule has 3 heterocycles. The third kappa shape index (κ3) is 5.57. The molecule has 196 valence electrons. The van der Waals surface area contributed by atoms with Gasteiger partial charge < -0.3 is 10.1 Å². The first kappa shape index (κ1) is 25.5. The maximum absolute atomic E-state index is 14.1. The van der Waals surface area contributed by atoms with E-state index in [4.69, 9.17) is 4.74 Å². The molecule has 5 rings (SSSR count). The lowest BCUT2D eigenvalue weighted by molar-refractivity contribution is -0.127. The van der Waals surface area contributed by atoms with Crippen LogP contribution in [0.5, 0.6) is 0 Å². The first-order chi connectivity index (χ1) is 18.5. The summed E-state index contributed by atoms with van der Waals surface area (Å²) in [4.78, 5) is 33.6. The van der Waals surface area contributed by atoms with Crippen molar-refractivity contribution in [3.05, 3.63) is 84.2 Å². The van der Waals surface area contributed by atoms with Crippen LogP contribution in [-0.2, 0) is 20.9 Å². The van der Waals surface area contributed by atoms with Crippen molar-refractivity contribution in [2.75, 3.05) is 18.1 Å². The minimum absolute atomic E-state index is 0.0236. The molecule has 0 unspecified atom stereocenters. The molecular weight excluding hydrogens is 480 g/mol. The van der Waals surface area contributed by atoms with Gasteiger partial charge in [0.05, 0.1) is 11.6 Å². The standard InChI is InChI=1S/C29H32N6O3/c1-20(2)21-11-13-23(14-12-21)35(27(36)19-34-26-10-4-3-9-25(26)32-33-34)28(22-7-5-15-30-17-22)29(37)31-18-24-8-6-16-38-24/h3-5,7,9-15,17,20,24,28H,6,8,16,18-19H2,1-2H3,(H,31,37)/t24-,28-/m0/s1. The smallest absolute Gasteiger partial charge is 0.249 e. The number of hydrogen-bond donors (Lipinski definition) is 1. The van der Waals surface area contributed by atoms with E-state index in [9.17, 15) is 9.59 Å². The minimum Gasteiger partial charge on any atom is -0.376 e. The number of amides is 2. The highest BCUT2D eigenvalue weighted by molar-refractivity contribution is 6.01. The van der Waals surface area contributed by atoms with E-state index in [1.807, 2.05) is 54.6 Å². The van der Waals surface area contributed by atoms with E-state index >= 15 is 0 Å². The van der Waals surface area contributed by atoms with Crippen molar-refractivity contribution in [2.24, 2.45) is 0 Å². The molecule has 9 nitrogen and oxygen atoms in total. The Labute approximate surface area is 221 Å². The zero-order chi connectivity index (χ0) is 26.5. The summed E-state index contributed by atoms with van der Waals surface area (Å²) in [6, 6.07) is 17.9. The number of nitrogens with zero attached hydrogens (tertiary/aromatic N) is 5. The van der Waals surface area contributed by atoms with Gasteiger partial charge in [-0.3, -0.25) is 19.5 Å². The zero-order valence-corrected chi connectivity index (χ0v) is 21.7. The fraction of sp³-hybridized carbons (Fsp3) is 0.345. The van der Waals surface area contributed by atoms with Crippen LogP contribution >= 0.6 is 0 Å². The fourth-order valence-electron chi connectivity index (χ4n) is 4.77. The van der Waals surface area contributed by atoms with Gasteiger partial charge in [-0.15, -0.1) is 5.10 Å². The van der Waals surface area contributed by atoms with Crippen molar-refractivity contribution in [3.8, 4) is 0 Å². The second kappa shape index (κ2) is 11.5. The summed E-state index contributed by atoms with van der Waals surface area (Å²) in [5.41, 5.74) is 3.82. The molecule has 2 atom stereocenters. The monoisotopic (exact) mass is 512 g/mol. The van der Waals surface area contributed by atoms with Crippen molar-refractivity contribution in [1.82, 2.24) is 25.3 Å². The molecular formula is C29H32N6O3. The molecule has 4 aromatic rings. The van der Waals surface area contributed by atoms with Crippen LogP contribution in [0, 0.1) is 0 Å². The van der Waals surface area contributed by atoms with E-state index in [2.05, 4.69) is 34.5 Å². The van der Waals surface area contributed by atoms with E-state index in [0.29, 0.717) is 35.8 Å². The number of fused-ring (bicyclic) bond motifs is 1. The predicted octanol–water partition coefficient (Wildman–Crippen LogP) is 4.02. The maximum Gasteiger partial charge on any atom is 0.249 e. The van der Waals surface area contributed by atoms with Gasteiger partial charge in [-0.2, -0.15) is 0 Å². The summed E-state index contributed by atoms with van der Waals surface area (Å²) in [5.74, 6) is -0.254. The van der Waals surface area contributed by atoms with E-state index < -0.39 is 6.04 Å². The number of hydrogen-bond acceptors (Lipinski definition) is 6. The van der Waals surface area contributed by atoms with Gasteiger partial charge in [0.15, 0.2) is 0 Å². The molecule has 0 aliphatic carbocycles. The molecule has 0 radical (unpaired) electrons. The number of anilines is 1. The van der Waals surface area contributed by atoms with Crippen LogP contribution in [-0.4, -0.2) is 51.0 Å². The van der Waals surface area contributed by atoms with Gasteiger partial charge in [0.1, 0.15) is 18.1 Å². The Morgan fingerprint density at radius 1 is 1.08 bits per heavy atom. The maximum atomic E-state index is 14.1. The van der Waals surface area contributed by atoms with Crippen LogP contribution in [0.3, 0.4) is 0 Å². The fourth-order valence-corrected chi connectivity index (χ4v) is 4.77. The minimum atomic E-state index is -0.933. The number of benzene rings is 2. The molecule has 1 saturated heterocycles. The van der Waals surface area contributed by atoms with Gasteiger partial charge in [0.25, 0.3) is 0 Å². The molecule has 2 aromatic carbocycles. The van der Waals surface area contributed by atoms with Crippen molar-refractivity contribution in [1.29, 1.82) is 0 Å². The third-order valence-corrected chi connectivity index (χ3v) is 6.85. The van der Waals surface area contributed by atoms with Gasteiger partial charge in [0.2, 0.25) is 11.8 Å². The van der Waals surface area contributed by atoms with E-state index in [1.54, 1.807) is 28.0 Å². The Kier molecular flexibility index (Phi) is 7.74. The highest BCUT2D eigenvalue weighted by Crippen LogP contribution is 2.30. The predicted molar refractivity (Wildman–Crippen MR) is 145 cm³/mol. The number of ether oxygens (including phenoxy) is 1. The quantitative estimate of drug-likeness (QED) is 0.363. The number of pyridine rings is 1. The van der Waals surface area contributed by atoms with Crippen LogP contribution in [0.25, 0.3) is 11.0 Å². The van der Waals surface area contributed by atoms with E-state index in [-0.39, 0.29) is 24.5 Å². The van der Waals surface area contributed by atoms with Crippen LogP contribution in [0.2, 0.25) is 0 Å². The van der Waals surface area contributed by atoms with Gasteiger partial charge in [-0.05, 0) is 54.7 Å². The number of nitrogens with one attached hydrogen (secondary N) is 1. The Morgan fingerprint density at radius 3 is 2.61 bits per heavy atom. The van der Waals surface area contributed by atoms with Gasteiger partial charge in [-0.25, -0.2) is 4.68 Å². The average molecular weight is 513 g/mol. The molecule has 1 N–H and O–H groups in total. The Bertz CT molecular complexity index is 1380. The van der Waals surface area contributed by atoms with Crippen LogP contribution in [0.1, 0.15) is 49.8 Å². The highest BCUT2D eigenvalue weighted by atomic mass is 16.5. The van der Waals surface area contributed by atoms with Crippen molar-refractivity contribution in [3.63, 3.8) is 0 Å². The molecule has 38 heavy (non-hydrogen) atoms. The number of carbonyl (C=O) groups is 2. The first-order valence-corrected chi connectivity index (χ1v) is 13.0. The third-order valence-electron chi connectivity index (χ3n) is 6.85. The molecule has 0 bridgehead atoms. The van der Waals surface area contributed by atoms with Gasteiger partial charge >= 0.3 is 0 Å². The second-order valence-electron chi connectivity index (χ2n) is 9.81. The molecule has 1 fully saturated rings. The number of rotatable bonds is 9. The lowest BCUT2D eigenvalue weighted by Crippen LogP contribution is -2.46. The average Bonchev–Trinajstić information content (AvgIpc) is 3.61. The van der Waals surface area contributed by atoms with Crippen LogP contribution < -0.4 is 10.2 Å². The normalized spacial score (nSPS) is 16.0. The van der Waals surface area contributed by atoms with Crippen LogP contribution in [0.4, 0.5) is 5.69 Å². The molecule has 0 spiro atoms. The molecule has 9 heteroatoms. The van der Waals surface area contributed by atoms with Gasteiger partial charge in [-0.1, -0.05) is 49.4 Å². The van der Waals surface area contributed by atoms with Crippen molar-refractivity contribution >= 4 is 28.5 Å². The Morgan fingerprint density at radius 2 is 1.89 bits per heavy atom. The molecule has 2 amide bonds. The summed E-state index contributed by atoms with van der Waals surface area (Å²) >= 11 is 0. The number of carbonyl (C=O) groups excluding carboxylic acids is 2. The topological polar surface area (TPSA) is 102 Å². The molecule has 0 saturated carbocycles. The van der Waals surface area contributed by atoms with Crippen molar-refractivity contribution < 1.29 is 14.3 Å². The summed E-state index contributed by atoms with van der Waals surface area (Å²) in [7, 11) is 0. The lowest BCUT2D eigenvalue weighted by atomic mass is 10.0. The summed E-state index contributed by atoms with van der Waals surface area (Å²) in [6.45, 7) is 5.24. The summed E-state index contributed by atoms with van der Waals surface area (Å²) < 4.78 is 7.27. The van der Waals surface area contributed by atoms with Gasteiger partial charge in [0, 0.05) is 36.8 Å². The molecule has 2 aromatic heterocycles. The van der Waals surface area contributed by atoms with E-state index in [0.717, 1.165) is 23.9 Å². The zero-order valence-electron chi connectivity index (χ0n) is 21.7. The molecule has 1 aliphatic rings. The van der Waals surface area contributed by atoms with Crippen LogP contribution in [0.15, 0.2) is 73.1 Å². The Hall–Kier alpha value is -4.11. The van der Waals surface area contributed by atoms with E-state index in [1.165, 1.54) is 0 Å². The highest BCUT2D eigenvalue weighted by Gasteiger charge is 2.34. The summed E-state index contributed by atoms with van der Waals surface area (Å²) in [5, 5.41) is 11.4. The molecule has 1 aliphatic heterocycles. The largest absolute Gasteiger partial charge is 0.376 e. The summed E-state index contributed by atoms with van der Waals surface area (Å²) in [6.07, 6.45) is 5.13. The second-order valence-corrected chi connectivity index (χ2v) is 9.81. The number of para-hydroxylation sites is 1. The SMILES string of the molecule is CC(C)c1ccc(N(C(=O)Cn2nnc3ccccc32)[C@H](C(=O)NC[C@@H]2CCCO2)c2cccnc2)cc1. The van der Waals surface area contributed by atoms with Crippen molar-refractivity contribution in [2.45, 2.75) is 51.3 Å². The first-order valence-electron chi connectivity index (χ1n) is 13.0.